The van der Waals surface area contributed by atoms with Crippen molar-refractivity contribution in [1.82, 2.24) is 0 Å². The fraction of sp³-hybridized carbons (Fsp3) is 0. The normalized spacial score (nSPS) is 11.8. The molecule has 9 aromatic carbocycles. The highest BCUT2D eigenvalue weighted by Crippen LogP contribution is 2.47. The lowest BCUT2D eigenvalue weighted by molar-refractivity contribution is 0.669. The first-order valence-corrected chi connectivity index (χ1v) is 18.8. The molecule has 0 unspecified atom stereocenters. The van der Waals surface area contributed by atoms with E-state index in [1.165, 1.54) is 64.0 Å². The maximum Gasteiger partial charge on any atom is 0.135 e. The zero-order valence-electron chi connectivity index (χ0n) is 28.7. The van der Waals surface area contributed by atoms with Crippen molar-refractivity contribution in [2.75, 3.05) is 4.90 Å². The van der Waals surface area contributed by atoms with E-state index in [9.17, 15) is 0 Å². The molecule has 2 aromatic heterocycles. The minimum atomic E-state index is 0.891. The molecule has 0 aliphatic rings. The molecular formula is C50H31NOS. The molecule has 0 radical (unpaired) electrons. The third-order valence-electron chi connectivity index (χ3n) is 10.6. The Morgan fingerprint density at radius 2 is 1.02 bits per heavy atom. The number of nitrogens with zero attached hydrogens (tertiary/aromatic N) is 1. The standard InChI is InChI=1S/C50H31NOS/c1-2-9-32(10-3-1)36-22-27-43-49(30-36)53-48-16-8-14-45(50(43)48)51(39-25-28-47-44(31-39)42-13-6-7-15-46(42)52-47)38-23-19-33(20-24-38)35-21-26-41-37(29-35)18-17-34-11-4-5-12-40(34)41/h1-31H. The zero-order chi connectivity index (χ0) is 34.9. The molecule has 3 heteroatoms. The summed E-state index contributed by atoms with van der Waals surface area (Å²) in [6.45, 7) is 0. The molecule has 0 aliphatic carbocycles. The molecule has 248 valence electrons. The monoisotopic (exact) mass is 693 g/mol. The van der Waals surface area contributed by atoms with E-state index in [2.05, 4.69) is 181 Å². The highest BCUT2D eigenvalue weighted by atomic mass is 32.1. The largest absolute Gasteiger partial charge is 0.456 e. The number of rotatable bonds is 5. The van der Waals surface area contributed by atoms with Crippen LogP contribution in [0.15, 0.2) is 192 Å². The third kappa shape index (κ3) is 4.93. The summed E-state index contributed by atoms with van der Waals surface area (Å²) in [7, 11) is 0. The number of para-hydroxylation sites is 1. The van der Waals surface area contributed by atoms with Crippen molar-refractivity contribution in [3.05, 3.63) is 188 Å². The van der Waals surface area contributed by atoms with Crippen molar-refractivity contribution in [3.63, 3.8) is 0 Å². The molecule has 0 fully saturated rings. The molecule has 11 aromatic rings. The predicted molar refractivity (Wildman–Crippen MR) is 227 cm³/mol. The molecule has 2 heterocycles. The molecule has 0 spiro atoms. The van der Waals surface area contributed by atoms with Gasteiger partial charge in [-0.2, -0.15) is 0 Å². The van der Waals surface area contributed by atoms with Gasteiger partial charge in [0.25, 0.3) is 0 Å². The topological polar surface area (TPSA) is 16.4 Å². The fourth-order valence-electron chi connectivity index (χ4n) is 8.08. The fourth-order valence-corrected chi connectivity index (χ4v) is 9.25. The van der Waals surface area contributed by atoms with E-state index in [0.29, 0.717) is 0 Å². The van der Waals surface area contributed by atoms with Crippen molar-refractivity contribution in [2.24, 2.45) is 0 Å². The molecule has 0 saturated heterocycles. The highest BCUT2D eigenvalue weighted by molar-refractivity contribution is 7.26. The molecule has 0 N–H and O–H groups in total. The van der Waals surface area contributed by atoms with E-state index in [1.807, 2.05) is 23.5 Å². The molecule has 0 aliphatic heterocycles. The Labute approximate surface area is 310 Å². The van der Waals surface area contributed by atoms with Gasteiger partial charge in [-0.15, -0.1) is 11.3 Å². The lowest BCUT2D eigenvalue weighted by Gasteiger charge is -2.27. The van der Waals surface area contributed by atoms with Crippen LogP contribution in [0.4, 0.5) is 17.1 Å². The van der Waals surface area contributed by atoms with Gasteiger partial charge in [0.1, 0.15) is 11.2 Å². The van der Waals surface area contributed by atoms with Gasteiger partial charge in [0.15, 0.2) is 0 Å². The van der Waals surface area contributed by atoms with Crippen LogP contribution < -0.4 is 4.90 Å². The van der Waals surface area contributed by atoms with Crippen LogP contribution in [0.25, 0.3) is 85.9 Å². The van der Waals surface area contributed by atoms with Gasteiger partial charge in [0, 0.05) is 42.3 Å². The van der Waals surface area contributed by atoms with Crippen LogP contribution in [0.5, 0.6) is 0 Å². The summed E-state index contributed by atoms with van der Waals surface area (Å²) in [4.78, 5) is 2.41. The highest BCUT2D eigenvalue weighted by Gasteiger charge is 2.20. The average Bonchev–Trinajstić information content (AvgIpc) is 3.79. The quantitative estimate of drug-likeness (QED) is 0.167. The molecule has 0 bridgehead atoms. The second-order valence-electron chi connectivity index (χ2n) is 13.7. The maximum atomic E-state index is 6.26. The molecule has 11 rings (SSSR count). The van der Waals surface area contributed by atoms with Crippen molar-refractivity contribution in [3.8, 4) is 22.3 Å². The van der Waals surface area contributed by atoms with Crippen LogP contribution in [-0.4, -0.2) is 0 Å². The number of thiophene rings is 1. The summed E-state index contributed by atoms with van der Waals surface area (Å²) in [5, 5.41) is 9.84. The predicted octanol–water partition coefficient (Wildman–Crippen LogP) is 15.1. The van der Waals surface area contributed by atoms with Crippen LogP contribution in [0.1, 0.15) is 0 Å². The smallest absolute Gasteiger partial charge is 0.135 e. The Balaban J connectivity index is 1.08. The third-order valence-corrected chi connectivity index (χ3v) is 11.8. The van der Waals surface area contributed by atoms with Gasteiger partial charge in [-0.05, 0) is 104 Å². The van der Waals surface area contributed by atoms with Crippen molar-refractivity contribution >= 4 is 92.1 Å². The summed E-state index contributed by atoms with van der Waals surface area (Å²) < 4.78 is 8.81. The van der Waals surface area contributed by atoms with Crippen LogP contribution in [0, 0.1) is 0 Å². The molecule has 0 amide bonds. The Morgan fingerprint density at radius 3 is 1.91 bits per heavy atom. The lowest BCUT2D eigenvalue weighted by Crippen LogP contribution is -2.10. The Morgan fingerprint density at radius 1 is 0.358 bits per heavy atom. The van der Waals surface area contributed by atoms with Crippen LogP contribution >= 0.6 is 11.3 Å². The summed E-state index contributed by atoms with van der Waals surface area (Å²) in [5.74, 6) is 0. The molecular weight excluding hydrogens is 663 g/mol. The van der Waals surface area contributed by atoms with E-state index < -0.39 is 0 Å². The van der Waals surface area contributed by atoms with Crippen LogP contribution in [0.3, 0.4) is 0 Å². The van der Waals surface area contributed by atoms with E-state index >= 15 is 0 Å². The maximum absolute atomic E-state index is 6.26. The number of furan rings is 1. The van der Waals surface area contributed by atoms with Gasteiger partial charge in [-0.3, -0.25) is 0 Å². The first kappa shape index (κ1) is 30.0. The number of fused-ring (bicyclic) bond motifs is 9. The van der Waals surface area contributed by atoms with Gasteiger partial charge < -0.3 is 9.32 Å². The summed E-state index contributed by atoms with van der Waals surface area (Å²) in [6, 6.07) is 68.1. The number of hydrogen-bond acceptors (Lipinski definition) is 3. The number of anilines is 3. The molecule has 0 atom stereocenters. The lowest BCUT2D eigenvalue weighted by atomic mass is 9.97. The van der Waals surface area contributed by atoms with Gasteiger partial charge in [-0.1, -0.05) is 127 Å². The van der Waals surface area contributed by atoms with E-state index in [4.69, 9.17) is 4.42 Å². The molecule has 0 saturated carbocycles. The molecule has 53 heavy (non-hydrogen) atoms. The van der Waals surface area contributed by atoms with Crippen LogP contribution in [-0.2, 0) is 0 Å². The second kappa shape index (κ2) is 11.9. The van der Waals surface area contributed by atoms with Gasteiger partial charge >= 0.3 is 0 Å². The van der Waals surface area contributed by atoms with E-state index in [1.54, 1.807) is 0 Å². The summed E-state index contributed by atoms with van der Waals surface area (Å²) >= 11 is 1.86. The van der Waals surface area contributed by atoms with Crippen molar-refractivity contribution in [2.45, 2.75) is 0 Å². The van der Waals surface area contributed by atoms with Crippen molar-refractivity contribution < 1.29 is 4.42 Å². The van der Waals surface area contributed by atoms with Crippen molar-refractivity contribution in [1.29, 1.82) is 0 Å². The van der Waals surface area contributed by atoms with E-state index in [0.717, 1.165) is 39.0 Å². The number of hydrogen-bond donors (Lipinski definition) is 0. The minimum absolute atomic E-state index is 0.891. The summed E-state index contributed by atoms with van der Waals surface area (Å²) in [6.07, 6.45) is 0. The van der Waals surface area contributed by atoms with Crippen LogP contribution in [0.2, 0.25) is 0 Å². The van der Waals surface area contributed by atoms with Gasteiger partial charge in [0.05, 0.1) is 5.69 Å². The Bertz CT molecular complexity index is 3170. The van der Waals surface area contributed by atoms with Gasteiger partial charge in [-0.25, -0.2) is 0 Å². The average molecular weight is 694 g/mol. The zero-order valence-corrected chi connectivity index (χ0v) is 29.5. The number of benzene rings is 9. The Kier molecular flexibility index (Phi) is 6.76. The first-order valence-electron chi connectivity index (χ1n) is 18.0. The second-order valence-corrected chi connectivity index (χ2v) is 14.8. The summed E-state index contributed by atoms with van der Waals surface area (Å²) in [5.41, 5.74) is 9.99. The van der Waals surface area contributed by atoms with E-state index in [-0.39, 0.29) is 0 Å². The Hall–Kier alpha value is -6.68. The van der Waals surface area contributed by atoms with Gasteiger partial charge in [0.2, 0.25) is 0 Å². The first-order chi connectivity index (χ1) is 26.2. The SMILES string of the molecule is c1ccc(-c2ccc3c(c2)sc2cccc(N(c4ccc(-c5ccc6c(ccc7ccccc76)c5)cc4)c4ccc5oc6ccccc6c5c4)c23)cc1. The minimum Gasteiger partial charge on any atom is -0.456 e. The molecule has 2 nitrogen and oxygen atoms in total.